The Balaban J connectivity index is 1.89. The molecule has 0 atom stereocenters. The largest absolute Gasteiger partial charge is 0.475 e. The molecule has 0 aromatic carbocycles. The minimum Gasteiger partial charge on any atom is -0.475 e. The maximum atomic E-state index is 12.6. The van der Waals surface area contributed by atoms with Gasteiger partial charge in [0, 0.05) is 26.3 Å². The number of aliphatic imine (C=N–C) groups is 1. The molecule has 2 rings (SSSR count). The number of alkyl halides is 3. The Morgan fingerprint density at radius 3 is 2.68 bits per heavy atom. The SMILES string of the molecule is CN=C(NCCOc1ncc(C(F)(F)F)cc1Cl)N1CCS(=O)(=O)C(C)(C)C1. The van der Waals surface area contributed by atoms with E-state index in [1.807, 2.05) is 4.90 Å². The summed E-state index contributed by atoms with van der Waals surface area (Å²) in [5.74, 6) is 0.442. The van der Waals surface area contributed by atoms with Crippen molar-refractivity contribution in [1.29, 1.82) is 0 Å². The summed E-state index contributed by atoms with van der Waals surface area (Å²) < 4.78 is 66.4. The predicted molar refractivity (Wildman–Crippen MR) is 101 cm³/mol. The van der Waals surface area contributed by atoms with E-state index in [2.05, 4.69) is 15.3 Å². The number of hydrogen-bond acceptors (Lipinski definition) is 5. The smallest absolute Gasteiger partial charge is 0.417 e. The summed E-state index contributed by atoms with van der Waals surface area (Å²) in [6, 6.07) is 0.756. The standard InChI is InChI=1S/C16H22ClF3N4O3S/c1-15(2)10-24(5-7-28(15,25)26)14(21-3)22-4-6-27-13-12(17)8-11(9-23-13)16(18,19)20/h8-9H,4-7,10H2,1-3H3,(H,21,22). The van der Waals surface area contributed by atoms with Crippen LogP contribution in [0.25, 0.3) is 0 Å². The lowest BCUT2D eigenvalue weighted by molar-refractivity contribution is -0.137. The van der Waals surface area contributed by atoms with Gasteiger partial charge in [-0.2, -0.15) is 13.2 Å². The van der Waals surface area contributed by atoms with Gasteiger partial charge in [-0.3, -0.25) is 4.99 Å². The normalized spacial score (nSPS) is 19.4. The summed E-state index contributed by atoms with van der Waals surface area (Å²) in [5.41, 5.74) is -0.953. The summed E-state index contributed by atoms with van der Waals surface area (Å²) in [6.07, 6.45) is -3.87. The first-order valence-corrected chi connectivity index (χ1v) is 10.4. The molecule has 0 saturated carbocycles. The molecule has 0 unspecified atom stereocenters. The molecule has 1 aromatic rings. The number of halogens is 4. The summed E-state index contributed by atoms with van der Waals surface area (Å²) >= 11 is 5.79. The zero-order valence-corrected chi connectivity index (χ0v) is 17.2. The molecule has 0 amide bonds. The maximum Gasteiger partial charge on any atom is 0.417 e. The van der Waals surface area contributed by atoms with Crippen molar-refractivity contribution < 1.29 is 26.3 Å². The second-order valence-electron chi connectivity index (χ2n) is 6.83. The Labute approximate surface area is 166 Å². The molecular weight excluding hydrogens is 421 g/mol. The van der Waals surface area contributed by atoms with Crippen LogP contribution in [0.15, 0.2) is 17.3 Å². The number of aromatic nitrogens is 1. The van der Waals surface area contributed by atoms with Gasteiger partial charge in [-0.05, 0) is 19.9 Å². The maximum absolute atomic E-state index is 12.6. The first-order chi connectivity index (χ1) is 12.9. The van der Waals surface area contributed by atoms with Crippen LogP contribution >= 0.6 is 11.6 Å². The van der Waals surface area contributed by atoms with Crippen molar-refractivity contribution in [3.8, 4) is 5.88 Å². The molecule has 1 aromatic heterocycles. The number of hydrogen-bond donors (Lipinski definition) is 1. The van der Waals surface area contributed by atoms with Gasteiger partial charge in [0.05, 0.1) is 22.6 Å². The summed E-state index contributed by atoms with van der Waals surface area (Å²) in [5, 5.41) is 2.80. The van der Waals surface area contributed by atoms with Crippen LogP contribution in [0.1, 0.15) is 19.4 Å². The van der Waals surface area contributed by atoms with Gasteiger partial charge in [0.2, 0.25) is 5.88 Å². The summed E-state index contributed by atoms with van der Waals surface area (Å²) in [6.45, 7) is 4.30. The molecule has 2 heterocycles. The van der Waals surface area contributed by atoms with Crippen LogP contribution < -0.4 is 10.1 Å². The molecule has 28 heavy (non-hydrogen) atoms. The van der Waals surface area contributed by atoms with Crippen LogP contribution in [0.3, 0.4) is 0 Å². The van der Waals surface area contributed by atoms with Gasteiger partial charge in [0.1, 0.15) is 11.6 Å². The van der Waals surface area contributed by atoms with Crippen LogP contribution in [-0.2, 0) is 16.0 Å². The van der Waals surface area contributed by atoms with E-state index in [-0.39, 0.29) is 29.8 Å². The third-order valence-corrected chi connectivity index (χ3v) is 7.12. The van der Waals surface area contributed by atoms with E-state index >= 15 is 0 Å². The van der Waals surface area contributed by atoms with Crippen molar-refractivity contribution in [2.24, 2.45) is 4.99 Å². The fourth-order valence-corrected chi connectivity index (χ4v) is 4.24. The average molecular weight is 443 g/mol. The Kier molecular flexibility index (Phi) is 6.70. The van der Waals surface area contributed by atoms with E-state index in [0.717, 1.165) is 6.07 Å². The molecular formula is C16H22ClF3N4O3S. The molecule has 1 aliphatic heterocycles. The van der Waals surface area contributed by atoms with E-state index in [0.29, 0.717) is 25.2 Å². The lowest BCUT2D eigenvalue weighted by Crippen LogP contribution is -2.57. The Bertz CT molecular complexity index is 844. The third kappa shape index (κ3) is 5.19. The second kappa shape index (κ2) is 8.32. The van der Waals surface area contributed by atoms with Crippen LogP contribution in [0.2, 0.25) is 5.02 Å². The van der Waals surface area contributed by atoms with Crippen molar-refractivity contribution in [2.75, 3.05) is 39.0 Å². The quantitative estimate of drug-likeness (QED) is 0.437. The topological polar surface area (TPSA) is 83.9 Å². The van der Waals surface area contributed by atoms with Crippen LogP contribution in [0.4, 0.5) is 13.2 Å². The molecule has 1 saturated heterocycles. The van der Waals surface area contributed by atoms with Crippen LogP contribution in [0.5, 0.6) is 5.88 Å². The first kappa shape index (κ1) is 22.5. The van der Waals surface area contributed by atoms with Gasteiger partial charge in [-0.25, -0.2) is 13.4 Å². The number of rotatable bonds is 4. The molecule has 7 nitrogen and oxygen atoms in total. The highest BCUT2D eigenvalue weighted by molar-refractivity contribution is 7.92. The van der Waals surface area contributed by atoms with E-state index in [9.17, 15) is 21.6 Å². The molecule has 12 heteroatoms. The summed E-state index contributed by atoms with van der Waals surface area (Å²) in [7, 11) is -1.59. The van der Waals surface area contributed by atoms with Crippen molar-refractivity contribution in [3.05, 3.63) is 22.8 Å². The number of pyridine rings is 1. The van der Waals surface area contributed by atoms with Gasteiger partial charge < -0.3 is 15.0 Å². The van der Waals surface area contributed by atoms with E-state index in [4.69, 9.17) is 16.3 Å². The highest BCUT2D eigenvalue weighted by Crippen LogP contribution is 2.33. The molecule has 0 spiro atoms. The number of nitrogens with zero attached hydrogens (tertiary/aromatic N) is 3. The van der Waals surface area contributed by atoms with Crippen LogP contribution in [-0.4, -0.2) is 68.0 Å². The highest BCUT2D eigenvalue weighted by Gasteiger charge is 2.41. The zero-order valence-electron chi connectivity index (χ0n) is 15.7. The molecule has 0 bridgehead atoms. The third-order valence-electron chi connectivity index (χ3n) is 4.31. The number of ether oxygens (including phenoxy) is 1. The van der Waals surface area contributed by atoms with E-state index < -0.39 is 26.3 Å². The fraction of sp³-hybridized carbons (Fsp3) is 0.625. The lowest BCUT2D eigenvalue weighted by atomic mass is 10.2. The first-order valence-electron chi connectivity index (χ1n) is 8.41. The number of sulfone groups is 1. The number of nitrogens with one attached hydrogen (secondary N) is 1. The summed E-state index contributed by atoms with van der Waals surface area (Å²) in [4.78, 5) is 9.57. The molecule has 0 radical (unpaired) electrons. The van der Waals surface area contributed by atoms with Gasteiger partial charge in [0.25, 0.3) is 0 Å². The van der Waals surface area contributed by atoms with Gasteiger partial charge in [-0.1, -0.05) is 11.6 Å². The fourth-order valence-electron chi connectivity index (χ4n) is 2.65. The van der Waals surface area contributed by atoms with Crippen molar-refractivity contribution in [2.45, 2.75) is 24.8 Å². The Hall–Kier alpha value is -1.75. The van der Waals surface area contributed by atoms with Crippen LogP contribution in [0, 0.1) is 0 Å². The predicted octanol–water partition coefficient (Wildman–Crippen LogP) is 2.22. The minimum atomic E-state index is -4.53. The Morgan fingerprint density at radius 1 is 1.46 bits per heavy atom. The minimum absolute atomic E-state index is 0.0300. The van der Waals surface area contributed by atoms with Crippen molar-refractivity contribution >= 4 is 27.4 Å². The van der Waals surface area contributed by atoms with Crippen molar-refractivity contribution in [3.63, 3.8) is 0 Å². The number of guanidine groups is 1. The zero-order chi connectivity index (χ0) is 21.2. The molecule has 1 fully saturated rings. The molecule has 0 aliphatic carbocycles. The van der Waals surface area contributed by atoms with Gasteiger partial charge in [-0.15, -0.1) is 0 Å². The van der Waals surface area contributed by atoms with Gasteiger partial charge >= 0.3 is 6.18 Å². The van der Waals surface area contributed by atoms with Crippen molar-refractivity contribution in [1.82, 2.24) is 15.2 Å². The van der Waals surface area contributed by atoms with E-state index in [1.165, 1.54) is 0 Å². The van der Waals surface area contributed by atoms with E-state index in [1.54, 1.807) is 20.9 Å². The molecule has 1 N–H and O–H groups in total. The monoisotopic (exact) mass is 442 g/mol. The lowest BCUT2D eigenvalue weighted by Gasteiger charge is -2.39. The molecule has 158 valence electrons. The van der Waals surface area contributed by atoms with Gasteiger partial charge in [0.15, 0.2) is 15.8 Å². The second-order valence-corrected chi connectivity index (χ2v) is 9.98. The highest BCUT2D eigenvalue weighted by atomic mass is 35.5. The average Bonchev–Trinajstić information content (AvgIpc) is 2.58. The molecule has 1 aliphatic rings. The Morgan fingerprint density at radius 2 is 2.14 bits per heavy atom.